The van der Waals surface area contributed by atoms with Gasteiger partial charge in [0.05, 0.1) is 6.10 Å². The lowest BCUT2D eigenvalue weighted by atomic mass is 10.0. The molecule has 0 bridgehead atoms. The van der Waals surface area contributed by atoms with E-state index in [1.165, 1.54) is 4.31 Å². The fourth-order valence-electron chi connectivity index (χ4n) is 1.62. The topological polar surface area (TPSA) is 75.7 Å². The summed E-state index contributed by atoms with van der Waals surface area (Å²) < 4.78 is 31.8. The molecule has 1 heterocycles. The van der Waals surface area contributed by atoms with Crippen LogP contribution in [0.1, 0.15) is 27.2 Å². The van der Waals surface area contributed by atoms with Crippen molar-refractivity contribution < 1.29 is 17.9 Å². The monoisotopic (exact) mass is 342 g/mol. The molecule has 2 atom stereocenters. The highest BCUT2D eigenvalue weighted by Crippen LogP contribution is 2.24. The Morgan fingerprint density at radius 2 is 2.11 bits per heavy atom. The van der Waals surface area contributed by atoms with Crippen LogP contribution in [0.25, 0.3) is 0 Å². The second kappa shape index (κ2) is 6.21. The van der Waals surface area contributed by atoms with Crippen molar-refractivity contribution in [2.75, 3.05) is 13.1 Å². The number of amides is 1. The third-order valence-electron chi connectivity index (χ3n) is 2.72. The molecule has 1 fully saturated rings. The Bertz CT molecular complexity index is 399. The van der Waals surface area contributed by atoms with Gasteiger partial charge in [-0.1, -0.05) is 22.9 Å². The lowest BCUT2D eigenvalue weighted by molar-refractivity contribution is 0.120. The van der Waals surface area contributed by atoms with Crippen LogP contribution in [-0.2, 0) is 14.9 Å². The van der Waals surface area contributed by atoms with Crippen molar-refractivity contribution in [3.8, 4) is 0 Å². The van der Waals surface area contributed by atoms with Gasteiger partial charge in [-0.3, -0.25) is 0 Å². The van der Waals surface area contributed by atoms with Crippen molar-refractivity contribution in [3.63, 3.8) is 0 Å². The predicted octanol–water partition coefficient (Wildman–Crippen LogP) is 1.47. The van der Waals surface area contributed by atoms with Gasteiger partial charge in [0, 0.05) is 17.9 Å². The molecule has 1 aliphatic heterocycles. The first-order valence-electron chi connectivity index (χ1n) is 5.85. The summed E-state index contributed by atoms with van der Waals surface area (Å²) in [6.07, 6.45) is -0.531. The molecule has 0 saturated carbocycles. The molecule has 0 spiro atoms. The Morgan fingerprint density at radius 3 is 2.61 bits per heavy atom. The SMILES string of the molecule is CC(C)OC(=O)NS(=O)(=O)N1CCC(C)C(Br)C1. The van der Waals surface area contributed by atoms with E-state index in [9.17, 15) is 13.2 Å². The molecule has 1 aliphatic rings. The van der Waals surface area contributed by atoms with Crippen molar-refractivity contribution in [1.29, 1.82) is 0 Å². The van der Waals surface area contributed by atoms with Gasteiger partial charge in [0.1, 0.15) is 0 Å². The molecule has 0 aromatic heterocycles. The summed E-state index contributed by atoms with van der Waals surface area (Å²) in [5.41, 5.74) is 0. The van der Waals surface area contributed by atoms with E-state index in [2.05, 4.69) is 22.9 Å². The summed E-state index contributed by atoms with van der Waals surface area (Å²) in [6.45, 7) is 6.13. The molecule has 106 valence electrons. The normalized spacial score (nSPS) is 26.1. The summed E-state index contributed by atoms with van der Waals surface area (Å²) in [6, 6.07) is 0. The van der Waals surface area contributed by atoms with E-state index in [1.54, 1.807) is 13.8 Å². The van der Waals surface area contributed by atoms with E-state index in [4.69, 9.17) is 4.74 Å². The summed E-state index contributed by atoms with van der Waals surface area (Å²) in [7, 11) is -3.81. The van der Waals surface area contributed by atoms with E-state index in [-0.39, 0.29) is 10.9 Å². The lowest BCUT2D eigenvalue weighted by Crippen LogP contribution is -2.50. The van der Waals surface area contributed by atoms with Gasteiger partial charge in [-0.15, -0.1) is 0 Å². The number of carbonyl (C=O) groups is 1. The second-order valence-electron chi connectivity index (χ2n) is 4.70. The molecule has 1 amide bonds. The van der Waals surface area contributed by atoms with Crippen LogP contribution in [0.4, 0.5) is 4.79 Å². The van der Waals surface area contributed by atoms with Crippen molar-refractivity contribution in [2.24, 2.45) is 5.92 Å². The molecule has 0 aromatic carbocycles. The van der Waals surface area contributed by atoms with Gasteiger partial charge in [0.15, 0.2) is 0 Å². The molecule has 18 heavy (non-hydrogen) atoms. The number of carbonyl (C=O) groups excluding carboxylic acids is 1. The number of halogens is 1. The molecule has 0 aromatic rings. The second-order valence-corrected chi connectivity index (χ2v) is 7.55. The third kappa shape index (κ3) is 4.40. The standard InChI is InChI=1S/C10H19BrN2O4S/c1-7(2)17-10(14)12-18(15,16)13-5-4-8(3)9(11)6-13/h7-9H,4-6H2,1-3H3,(H,12,14). The number of rotatable bonds is 3. The van der Waals surface area contributed by atoms with Crippen LogP contribution < -0.4 is 4.72 Å². The Morgan fingerprint density at radius 1 is 1.50 bits per heavy atom. The van der Waals surface area contributed by atoms with E-state index < -0.39 is 16.3 Å². The quantitative estimate of drug-likeness (QED) is 0.788. The first-order chi connectivity index (χ1) is 8.22. The molecule has 6 nitrogen and oxygen atoms in total. The maximum Gasteiger partial charge on any atom is 0.422 e. The minimum absolute atomic E-state index is 0.101. The summed E-state index contributed by atoms with van der Waals surface area (Å²) in [4.78, 5) is 11.4. The Labute approximate surface area is 116 Å². The molecular weight excluding hydrogens is 324 g/mol. The summed E-state index contributed by atoms with van der Waals surface area (Å²) in [5.74, 6) is 0.416. The lowest BCUT2D eigenvalue weighted by Gasteiger charge is -2.32. The number of piperidine rings is 1. The molecule has 1 N–H and O–H groups in total. The highest BCUT2D eigenvalue weighted by molar-refractivity contribution is 9.09. The zero-order valence-corrected chi connectivity index (χ0v) is 13.1. The summed E-state index contributed by atoms with van der Waals surface area (Å²) in [5, 5.41) is 0. The average molecular weight is 343 g/mol. The molecule has 0 radical (unpaired) electrons. The van der Waals surface area contributed by atoms with Crippen LogP contribution in [0, 0.1) is 5.92 Å². The van der Waals surface area contributed by atoms with E-state index in [1.807, 2.05) is 4.72 Å². The Kier molecular flexibility index (Phi) is 5.42. The van der Waals surface area contributed by atoms with Gasteiger partial charge < -0.3 is 4.74 Å². The van der Waals surface area contributed by atoms with Gasteiger partial charge in [0.25, 0.3) is 0 Å². The first-order valence-corrected chi connectivity index (χ1v) is 8.20. The fourth-order valence-corrected chi connectivity index (χ4v) is 3.52. The zero-order valence-electron chi connectivity index (χ0n) is 10.7. The molecule has 1 rings (SSSR count). The Balaban J connectivity index is 2.61. The van der Waals surface area contributed by atoms with Gasteiger partial charge >= 0.3 is 16.3 Å². The van der Waals surface area contributed by atoms with Gasteiger partial charge in [-0.05, 0) is 26.2 Å². The Hall–Kier alpha value is -0.340. The largest absolute Gasteiger partial charge is 0.446 e. The molecule has 8 heteroatoms. The highest BCUT2D eigenvalue weighted by atomic mass is 79.9. The van der Waals surface area contributed by atoms with E-state index >= 15 is 0 Å². The fraction of sp³-hybridized carbons (Fsp3) is 0.900. The average Bonchev–Trinajstić information content (AvgIpc) is 2.19. The minimum Gasteiger partial charge on any atom is -0.446 e. The van der Waals surface area contributed by atoms with Crippen molar-refractivity contribution in [1.82, 2.24) is 9.03 Å². The highest BCUT2D eigenvalue weighted by Gasteiger charge is 2.32. The number of nitrogens with one attached hydrogen (secondary N) is 1. The van der Waals surface area contributed by atoms with Crippen molar-refractivity contribution >= 4 is 32.2 Å². The zero-order chi connectivity index (χ0) is 13.9. The number of ether oxygens (including phenoxy) is 1. The smallest absolute Gasteiger partial charge is 0.422 e. The number of hydrogen-bond donors (Lipinski definition) is 1. The van der Waals surface area contributed by atoms with Crippen LogP contribution in [-0.4, -0.2) is 42.8 Å². The van der Waals surface area contributed by atoms with Gasteiger partial charge in [0.2, 0.25) is 0 Å². The van der Waals surface area contributed by atoms with Crippen LogP contribution in [0.2, 0.25) is 0 Å². The maximum absolute atomic E-state index is 11.9. The maximum atomic E-state index is 11.9. The molecule has 2 unspecified atom stereocenters. The van der Waals surface area contributed by atoms with E-state index in [0.29, 0.717) is 19.0 Å². The minimum atomic E-state index is -3.81. The third-order valence-corrected chi connectivity index (χ3v) is 5.35. The van der Waals surface area contributed by atoms with Gasteiger partial charge in [-0.2, -0.15) is 12.7 Å². The van der Waals surface area contributed by atoms with Gasteiger partial charge in [-0.25, -0.2) is 9.52 Å². The first kappa shape index (κ1) is 15.7. The number of hydrogen-bond acceptors (Lipinski definition) is 4. The van der Waals surface area contributed by atoms with Crippen molar-refractivity contribution in [2.45, 2.75) is 38.1 Å². The van der Waals surface area contributed by atoms with Crippen LogP contribution in [0.3, 0.4) is 0 Å². The van der Waals surface area contributed by atoms with Crippen molar-refractivity contribution in [3.05, 3.63) is 0 Å². The van der Waals surface area contributed by atoms with Crippen LogP contribution in [0.15, 0.2) is 0 Å². The summed E-state index contributed by atoms with van der Waals surface area (Å²) >= 11 is 3.44. The van der Waals surface area contributed by atoms with E-state index in [0.717, 1.165) is 6.42 Å². The van der Waals surface area contributed by atoms with Crippen LogP contribution in [0.5, 0.6) is 0 Å². The molecule has 1 saturated heterocycles. The number of alkyl halides is 1. The number of nitrogens with zero attached hydrogens (tertiary/aromatic N) is 1. The predicted molar refractivity (Wildman–Crippen MR) is 71.7 cm³/mol. The molecular formula is C10H19BrN2O4S. The molecule has 0 aliphatic carbocycles. The van der Waals surface area contributed by atoms with Crippen LogP contribution >= 0.6 is 15.9 Å².